The lowest BCUT2D eigenvalue weighted by Gasteiger charge is -2.31. The number of allylic oxidation sites excluding steroid dienone is 6. The zero-order valence-corrected chi connectivity index (χ0v) is 25.1. The van der Waals surface area contributed by atoms with Gasteiger partial charge in [-0.15, -0.1) is 0 Å². The lowest BCUT2D eigenvalue weighted by Crippen LogP contribution is -2.26. The Morgan fingerprint density at radius 1 is 0.689 bits per heavy atom. The summed E-state index contributed by atoms with van der Waals surface area (Å²) in [5.74, 6) is 0. The average molecular weight is 577 g/mol. The molecule has 8 rings (SSSR count). The molecule has 0 amide bonds. The molecule has 0 unspecified atom stereocenters. The van der Waals surface area contributed by atoms with Crippen LogP contribution >= 0.6 is 0 Å². The molecule has 0 radical (unpaired) electrons. The molecule has 0 aliphatic heterocycles. The standard InChI is InChI=1S/C43H32N2/c1-3-5-18-40(44)41(45)26-27(4-2)29-19-20-30-24-36-35-22-21-28-12-6-7-13-32(28)42(35)43(39(36)25-31(30)23-29)37-16-10-8-14-33(37)34-15-9-11-17-38(34)43/h3-26,45H,2,44H2,1H3/b5-3-,27-26+,40-18-,45-41?. The van der Waals surface area contributed by atoms with Gasteiger partial charge in [0.25, 0.3) is 0 Å². The predicted molar refractivity (Wildman–Crippen MR) is 191 cm³/mol. The third-order valence-corrected chi connectivity index (χ3v) is 9.56. The minimum Gasteiger partial charge on any atom is -0.397 e. The fourth-order valence-electron chi connectivity index (χ4n) is 7.63. The molecule has 2 aliphatic carbocycles. The van der Waals surface area contributed by atoms with E-state index in [0.29, 0.717) is 5.70 Å². The molecule has 2 nitrogen and oxygen atoms in total. The predicted octanol–water partition coefficient (Wildman–Crippen LogP) is 10.3. The van der Waals surface area contributed by atoms with Gasteiger partial charge in [0.2, 0.25) is 0 Å². The van der Waals surface area contributed by atoms with Crippen molar-refractivity contribution in [1.29, 1.82) is 5.41 Å². The Kier molecular flexibility index (Phi) is 6.08. The molecule has 0 aromatic heterocycles. The number of rotatable bonds is 5. The highest BCUT2D eigenvalue weighted by molar-refractivity contribution is 6.11. The first-order valence-corrected chi connectivity index (χ1v) is 15.4. The number of nitrogens with two attached hydrogens (primary N) is 1. The van der Waals surface area contributed by atoms with Crippen LogP contribution in [0.1, 0.15) is 34.7 Å². The molecule has 6 aromatic rings. The smallest absolute Gasteiger partial charge is 0.0775 e. The van der Waals surface area contributed by atoms with Crippen LogP contribution in [0.4, 0.5) is 0 Å². The summed E-state index contributed by atoms with van der Waals surface area (Å²) in [6.07, 6.45) is 9.09. The molecular weight excluding hydrogens is 544 g/mol. The van der Waals surface area contributed by atoms with E-state index in [1.807, 2.05) is 19.1 Å². The van der Waals surface area contributed by atoms with Crippen molar-refractivity contribution in [3.05, 3.63) is 186 Å². The highest BCUT2D eigenvalue weighted by atomic mass is 14.6. The Morgan fingerprint density at radius 3 is 2.11 bits per heavy atom. The molecule has 0 saturated carbocycles. The van der Waals surface area contributed by atoms with Gasteiger partial charge in [-0.05, 0) is 114 Å². The maximum atomic E-state index is 8.56. The Hall–Kier alpha value is -5.73. The van der Waals surface area contributed by atoms with Gasteiger partial charge in [-0.1, -0.05) is 122 Å². The summed E-state index contributed by atoms with van der Waals surface area (Å²) in [5.41, 5.74) is 18.8. The molecule has 2 heteroatoms. The van der Waals surface area contributed by atoms with Gasteiger partial charge in [0.15, 0.2) is 0 Å². The van der Waals surface area contributed by atoms with Crippen molar-refractivity contribution < 1.29 is 0 Å². The molecule has 0 atom stereocenters. The summed E-state index contributed by atoms with van der Waals surface area (Å²) < 4.78 is 0. The highest BCUT2D eigenvalue weighted by Gasteiger charge is 2.52. The summed E-state index contributed by atoms with van der Waals surface area (Å²) >= 11 is 0. The van der Waals surface area contributed by atoms with E-state index >= 15 is 0 Å². The molecule has 0 heterocycles. The summed E-state index contributed by atoms with van der Waals surface area (Å²) in [7, 11) is 0. The van der Waals surface area contributed by atoms with Crippen molar-refractivity contribution in [3.8, 4) is 22.3 Å². The number of hydrogen-bond donors (Lipinski definition) is 2. The van der Waals surface area contributed by atoms with Crippen LogP contribution in [0.3, 0.4) is 0 Å². The van der Waals surface area contributed by atoms with E-state index < -0.39 is 5.41 Å². The summed E-state index contributed by atoms with van der Waals surface area (Å²) in [4.78, 5) is 0. The Morgan fingerprint density at radius 2 is 1.38 bits per heavy atom. The first kappa shape index (κ1) is 26.9. The number of benzene rings is 6. The second-order valence-electron chi connectivity index (χ2n) is 11.9. The van der Waals surface area contributed by atoms with Gasteiger partial charge < -0.3 is 5.73 Å². The van der Waals surface area contributed by atoms with E-state index in [-0.39, 0.29) is 5.71 Å². The van der Waals surface area contributed by atoms with Gasteiger partial charge in [-0.25, -0.2) is 0 Å². The molecule has 0 bridgehead atoms. The third kappa shape index (κ3) is 3.79. The molecule has 0 fully saturated rings. The van der Waals surface area contributed by atoms with E-state index in [9.17, 15) is 0 Å². The van der Waals surface area contributed by atoms with E-state index in [4.69, 9.17) is 11.1 Å². The van der Waals surface area contributed by atoms with Gasteiger partial charge >= 0.3 is 0 Å². The first-order valence-electron chi connectivity index (χ1n) is 15.4. The van der Waals surface area contributed by atoms with E-state index in [0.717, 1.165) is 16.5 Å². The van der Waals surface area contributed by atoms with E-state index in [1.54, 1.807) is 18.2 Å². The van der Waals surface area contributed by atoms with Gasteiger partial charge in [0.1, 0.15) is 0 Å². The topological polar surface area (TPSA) is 49.9 Å². The maximum absolute atomic E-state index is 8.56. The molecule has 214 valence electrons. The monoisotopic (exact) mass is 576 g/mol. The van der Waals surface area contributed by atoms with Gasteiger partial charge in [-0.3, -0.25) is 5.41 Å². The number of fused-ring (bicyclic) bond motifs is 13. The summed E-state index contributed by atoms with van der Waals surface area (Å²) in [5, 5.41) is 13.4. The Balaban J connectivity index is 1.42. The van der Waals surface area contributed by atoms with Gasteiger partial charge in [0.05, 0.1) is 16.8 Å². The highest BCUT2D eigenvalue weighted by Crippen LogP contribution is 2.64. The molecule has 2 aliphatic rings. The van der Waals surface area contributed by atoms with Crippen LogP contribution in [-0.4, -0.2) is 5.71 Å². The summed E-state index contributed by atoms with van der Waals surface area (Å²) in [6.45, 7) is 6.00. The largest absolute Gasteiger partial charge is 0.397 e. The van der Waals surface area contributed by atoms with E-state index in [2.05, 4.69) is 122 Å². The average Bonchev–Trinajstić information content (AvgIpc) is 3.55. The van der Waals surface area contributed by atoms with Crippen LogP contribution in [-0.2, 0) is 5.41 Å². The van der Waals surface area contributed by atoms with Crippen LogP contribution in [0, 0.1) is 5.41 Å². The van der Waals surface area contributed by atoms with Crippen molar-refractivity contribution in [1.82, 2.24) is 0 Å². The molecule has 6 aromatic carbocycles. The second kappa shape index (κ2) is 10.2. The van der Waals surface area contributed by atoms with E-state index in [1.165, 1.54) is 60.7 Å². The minimum atomic E-state index is -0.436. The zero-order valence-electron chi connectivity index (χ0n) is 25.1. The van der Waals surface area contributed by atoms with Crippen LogP contribution in [0.15, 0.2) is 158 Å². The van der Waals surface area contributed by atoms with Crippen molar-refractivity contribution in [2.45, 2.75) is 12.3 Å². The van der Waals surface area contributed by atoms with Crippen LogP contribution < -0.4 is 5.73 Å². The van der Waals surface area contributed by atoms with Gasteiger partial charge in [0, 0.05) is 0 Å². The Bertz CT molecular complexity index is 2280. The molecule has 45 heavy (non-hydrogen) atoms. The first-order chi connectivity index (χ1) is 22.1. The van der Waals surface area contributed by atoms with Gasteiger partial charge in [-0.2, -0.15) is 0 Å². The molecule has 0 saturated heterocycles. The lowest BCUT2D eigenvalue weighted by atomic mass is 9.69. The molecule has 3 N–H and O–H groups in total. The fourth-order valence-corrected chi connectivity index (χ4v) is 7.63. The Labute approximate surface area is 263 Å². The van der Waals surface area contributed by atoms with Crippen LogP contribution in [0.25, 0.3) is 49.4 Å². The zero-order chi connectivity index (χ0) is 30.7. The SMILES string of the molecule is C=C/C(=C\C(=N)/C(N)=C/C=C\C)c1ccc2cc3c(cc2c1)C1(c2ccccc2-c2ccccc21)c1c-3ccc2ccccc12. The maximum Gasteiger partial charge on any atom is 0.0775 e. The summed E-state index contributed by atoms with van der Waals surface area (Å²) in [6, 6.07) is 42.6. The normalized spacial score (nSPS) is 14.5. The fraction of sp³-hybridized carbons (Fsp3) is 0.0465. The quantitative estimate of drug-likeness (QED) is 0.155. The van der Waals surface area contributed by atoms with Crippen molar-refractivity contribution >= 4 is 32.8 Å². The molecular formula is C43H32N2. The van der Waals surface area contributed by atoms with Crippen LogP contribution in [0.5, 0.6) is 0 Å². The van der Waals surface area contributed by atoms with Crippen molar-refractivity contribution in [3.63, 3.8) is 0 Å². The number of hydrogen-bond acceptors (Lipinski definition) is 2. The van der Waals surface area contributed by atoms with Crippen molar-refractivity contribution in [2.24, 2.45) is 5.73 Å². The van der Waals surface area contributed by atoms with Crippen molar-refractivity contribution in [2.75, 3.05) is 0 Å². The second-order valence-corrected chi connectivity index (χ2v) is 11.9. The van der Waals surface area contributed by atoms with Crippen LogP contribution in [0.2, 0.25) is 0 Å². The minimum absolute atomic E-state index is 0.262. The number of nitrogens with one attached hydrogen (secondary N) is 1. The third-order valence-electron chi connectivity index (χ3n) is 9.56. The molecule has 1 spiro atoms. The lowest BCUT2D eigenvalue weighted by molar-refractivity contribution is 0.802.